The highest BCUT2D eigenvalue weighted by Crippen LogP contribution is 2.27. The monoisotopic (exact) mass is 351 g/mol. The number of nitrogens with one attached hydrogen (secondary N) is 1. The van der Waals surface area contributed by atoms with Gasteiger partial charge in [0, 0.05) is 6.54 Å². The van der Waals surface area contributed by atoms with Crippen molar-refractivity contribution in [1.29, 1.82) is 0 Å². The fraction of sp³-hybridized carbons (Fsp3) is 0.200. The zero-order valence-corrected chi connectivity index (χ0v) is 15.2. The molecule has 0 spiro atoms. The van der Waals surface area contributed by atoms with Gasteiger partial charge in [0.25, 0.3) is 0 Å². The Morgan fingerprint density at radius 2 is 1.68 bits per heavy atom. The molecule has 1 heterocycles. The summed E-state index contributed by atoms with van der Waals surface area (Å²) < 4.78 is 1.93. The molecule has 0 saturated heterocycles. The van der Waals surface area contributed by atoms with Gasteiger partial charge in [0.1, 0.15) is 0 Å². The molecule has 0 unspecified atom stereocenters. The second kappa shape index (κ2) is 8.03. The molecular formula is C20H21N3OS. The number of aromatic nitrogens is 2. The summed E-state index contributed by atoms with van der Waals surface area (Å²) in [5.41, 5.74) is 4.14. The van der Waals surface area contributed by atoms with Gasteiger partial charge in [-0.25, -0.2) is 4.68 Å². The quantitative estimate of drug-likeness (QED) is 0.685. The van der Waals surface area contributed by atoms with Crippen LogP contribution in [-0.4, -0.2) is 21.4 Å². The lowest BCUT2D eigenvalue weighted by molar-refractivity contribution is -0.118. The number of nitrogens with zero attached hydrogens (tertiary/aromatic N) is 2. The predicted octanol–water partition coefficient (Wildman–Crippen LogP) is 3.90. The van der Waals surface area contributed by atoms with Crippen LogP contribution in [0.5, 0.6) is 0 Å². The Morgan fingerprint density at radius 1 is 1.04 bits per heavy atom. The summed E-state index contributed by atoms with van der Waals surface area (Å²) in [6, 6.07) is 20.0. The molecule has 3 rings (SSSR count). The average Bonchev–Trinajstić information content (AvgIpc) is 2.94. The maximum atomic E-state index is 12.1. The van der Waals surface area contributed by atoms with Crippen LogP contribution in [0.4, 0.5) is 0 Å². The summed E-state index contributed by atoms with van der Waals surface area (Å²) in [4.78, 5) is 13.2. The van der Waals surface area contributed by atoms with E-state index < -0.39 is 0 Å². The van der Waals surface area contributed by atoms with Gasteiger partial charge in [-0.2, -0.15) is 5.10 Å². The molecule has 3 aromatic rings. The van der Waals surface area contributed by atoms with Crippen LogP contribution in [-0.2, 0) is 11.3 Å². The maximum Gasteiger partial charge on any atom is 0.230 e. The van der Waals surface area contributed by atoms with Crippen molar-refractivity contribution in [2.24, 2.45) is 0 Å². The molecule has 0 atom stereocenters. The van der Waals surface area contributed by atoms with Gasteiger partial charge in [-0.1, -0.05) is 48.5 Å². The molecule has 0 radical (unpaired) electrons. The third-order valence-corrected chi connectivity index (χ3v) is 5.19. The molecule has 0 saturated carbocycles. The number of thioether (sulfide) groups is 1. The number of benzene rings is 2. The molecule has 0 fully saturated rings. The van der Waals surface area contributed by atoms with Crippen LogP contribution in [0, 0.1) is 13.8 Å². The summed E-state index contributed by atoms with van der Waals surface area (Å²) in [5, 5.41) is 7.58. The fourth-order valence-corrected chi connectivity index (χ4v) is 3.57. The van der Waals surface area contributed by atoms with Crippen LogP contribution in [0.2, 0.25) is 0 Å². The Morgan fingerprint density at radius 3 is 2.36 bits per heavy atom. The van der Waals surface area contributed by atoms with E-state index in [-0.39, 0.29) is 5.91 Å². The minimum Gasteiger partial charge on any atom is -0.351 e. The van der Waals surface area contributed by atoms with Gasteiger partial charge in [0.05, 0.1) is 27.7 Å². The summed E-state index contributed by atoms with van der Waals surface area (Å²) in [6.07, 6.45) is 0. The number of carbonyl (C=O) groups excluding carboxylic acids is 1. The molecule has 1 amide bonds. The first kappa shape index (κ1) is 17.3. The number of aryl methyl sites for hydroxylation is 1. The van der Waals surface area contributed by atoms with Crippen LogP contribution in [0.1, 0.15) is 17.0 Å². The Labute approximate surface area is 152 Å². The summed E-state index contributed by atoms with van der Waals surface area (Å²) in [6.45, 7) is 4.58. The third-order valence-electron chi connectivity index (χ3n) is 3.91. The van der Waals surface area contributed by atoms with Gasteiger partial charge in [-0.15, -0.1) is 11.8 Å². The topological polar surface area (TPSA) is 46.9 Å². The molecule has 2 aromatic carbocycles. The first-order valence-corrected chi connectivity index (χ1v) is 9.19. The minimum absolute atomic E-state index is 0.0279. The van der Waals surface area contributed by atoms with Crippen molar-refractivity contribution < 1.29 is 4.79 Å². The number of amides is 1. The predicted molar refractivity (Wildman–Crippen MR) is 102 cm³/mol. The molecule has 4 nitrogen and oxygen atoms in total. The minimum atomic E-state index is 0.0279. The largest absolute Gasteiger partial charge is 0.351 e. The van der Waals surface area contributed by atoms with E-state index in [1.54, 1.807) is 0 Å². The zero-order chi connectivity index (χ0) is 17.6. The van der Waals surface area contributed by atoms with Crippen molar-refractivity contribution >= 4 is 17.7 Å². The number of para-hydroxylation sites is 1. The number of hydrogen-bond acceptors (Lipinski definition) is 3. The average molecular weight is 351 g/mol. The normalized spacial score (nSPS) is 10.6. The molecule has 0 aliphatic heterocycles. The van der Waals surface area contributed by atoms with Gasteiger partial charge in [0.15, 0.2) is 0 Å². The fourth-order valence-electron chi connectivity index (χ4n) is 2.64. The maximum absolute atomic E-state index is 12.1. The second-order valence-corrected chi connectivity index (χ2v) is 6.78. The van der Waals surface area contributed by atoms with E-state index >= 15 is 0 Å². The Hall–Kier alpha value is -2.53. The van der Waals surface area contributed by atoms with Gasteiger partial charge < -0.3 is 5.32 Å². The van der Waals surface area contributed by atoms with Crippen LogP contribution >= 0.6 is 11.8 Å². The van der Waals surface area contributed by atoms with E-state index in [0.29, 0.717) is 12.3 Å². The van der Waals surface area contributed by atoms with E-state index in [1.165, 1.54) is 11.8 Å². The van der Waals surface area contributed by atoms with E-state index in [1.807, 2.05) is 79.2 Å². The summed E-state index contributed by atoms with van der Waals surface area (Å²) in [7, 11) is 0. The molecular weight excluding hydrogens is 330 g/mol. The van der Waals surface area contributed by atoms with Gasteiger partial charge >= 0.3 is 0 Å². The van der Waals surface area contributed by atoms with Crippen LogP contribution in [0.3, 0.4) is 0 Å². The number of hydrogen-bond donors (Lipinski definition) is 1. The van der Waals surface area contributed by atoms with Crippen LogP contribution in [0.25, 0.3) is 5.69 Å². The molecule has 25 heavy (non-hydrogen) atoms. The highest BCUT2D eigenvalue weighted by Gasteiger charge is 2.14. The molecule has 1 N–H and O–H groups in total. The van der Waals surface area contributed by atoms with Crippen molar-refractivity contribution in [3.63, 3.8) is 0 Å². The highest BCUT2D eigenvalue weighted by atomic mass is 32.2. The van der Waals surface area contributed by atoms with Gasteiger partial charge in [-0.3, -0.25) is 4.79 Å². The van der Waals surface area contributed by atoms with Crippen molar-refractivity contribution in [2.75, 3.05) is 5.75 Å². The number of carbonyl (C=O) groups is 1. The molecule has 128 valence electrons. The molecule has 1 aromatic heterocycles. The Kier molecular flexibility index (Phi) is 5.56. The van der Waals surface area contributed by atoms with Gasteiger partial charge in [0.2, 0.25) is 5.91 Å². The van der Waals surface area contributed by atoms with Gasteiger partial charge in [-0.05, 0) is 31.5 Å². The van der Waals surface area contributed by atoms with E-state index in [0.717, 1.165) is 27.5 Å². The van der Waals surface area contributed by atoms with E-state index in [9.17, 15) is 4.79 Å². The first-order chi connectivity index (χ1) is 12.1. The van der Waals surface area contributed by atoms with E-state index in [4.69, 9.17) is 0 Å². The first-order valence-electron chi connectivity index (χ1n) is 8.20. The van der Waals surface area contributed by atoms with Crippen molar-refractivity contribution in [1.82, 2.24) is 15.1 Å². The standard InChI is InChI=1S/C20H21N3OS/c1-15-20(16(2)23(22-15)18-11-7-4-8-12-18)25-14-19(24)21-13-17-9-5-3-6-10-17/h3-12H,13-14H2,1-2H3,(H,21,24). The van der Waals surface area contributed by atoms with Crippen molar-refractivity contribution in [2.45, 2.75) is 25.3 Å². The highest BCUT2D eigenvalue weighted by molar-refractivity contribution is 8.00. The van der Waals surface area contributed by atoms with Crippen molar-refractivity contribution in [3.8, 4) is 5.69 Å². The Balaban J connectivity index is 1.61. The molecule has 0 aliphatic rings. The second-order valence-electron chi connectivity index (χ2n) is 5.80. The molecule has 5 heteroatoms. The Bertz CT molecular complexity index is 844. The molecule has 0 aliphatic carbocycles. The lowest BCUT2D eigenvalue weighted by Gasteiger charge is -2.06. The SMILES string of the molecule is Cc1nn(-c2ccccc2)c(C)c1SCC(=O)NCc1ccccc1. The summed E-state index contributed by atoms with van der Waals surface area (Å²) >= 11 is 1.54. The van der Waals surface area contributed by atoms with Crippen molar-refractivity contribution in [3.05, 3.63) is 77.6 Å². The smallest absolute Gasteiger partial charge is 0.230 e. The lowest BCUT2D eigenvalue weighted by atomic mass is 10.2. The van der Waals surface area contributed by atoms with Crippen LogP contribution < -0.4 is 5.32 Å². The number of rotatable bonds is 6. The summed E-state index contributed by atoms with van der Waals surface area (Å²) in [5.74, 6) is 0.412. The third kappa shape index (κ3) is 4.31. The van der Waals surface area contributed by atoms with E-state index in [2.05, 4.69) is 10.4 Å². The lowest BCUT2D eigenvalue weighted by Crippen LogP contribution is -2.24. The zero-order valence-electron chi connectivity index (χ0n) is 14.4. The molecule has 0 bridgehead atoms. The van der Waals surface area contributed by atoms with Crippen LogP contribution in [0.15, 0.2) is 65.6 Å².